The fourth-order valence-corrected chi connectivity index (χ4v) is 1.40. The molecular weight excluding hydrogens is 224 g/mol. The Labute approximate surface area is 98.8 Å². The summed E-state index contributed by atoms with van der Waals surface area (Å²) in [4.78, 5) is 22.3. The molecule has 17 heavy (non-hydrogen) atoms. The van der Waals surface area contributed by atoms with Crippen molar-refractivity contribution in [2.45, 2.75) is 32.4 Å². The van der Waals surface area contributed by atoms with Gasteiger partial charge in [-0.05, 0) is 26.0 Å². The third-order valence-electron chi connectivity index (χ3n) is 2.13. The number of carbonyl (C=O) groups excluding carboxylic acids is 1. The topological polar surface area (TPSA) is 106 Å². The predicted octanol–water partition coefficient (Wildman–Crippen LogP) is 0.721. The molecule has 94 valence electrons. The minimum atomic E-state index is -0.975. The Morgan fingerprint density at radius 2 is 2.12 bits per heavy atom. The number of amides is 1. The van der Waals surface area contributed by atoms with E-state index in [4.69, 9.17) is 15.3 Å². The van der Waals surface area contributed by atoms with E-state index in [-0.39, 0.29) is 18.7 Å². The summed E-state index contributed by atoms with van der Waals surface area (Å²) in [6, 6.07) is 3.12. The minimum Gasteiger partial charge on any atom is -0.481 e. The number of hydrogen-bond donors (Lipinski definition) is 3. The van der Waals surface area contributed by atoms with Crippen LogP contribution in [0.2, 0.25) is 0 Å². The molecule has 0 atom stereocenters. The molecule has 1 heterocycles. The second kappa shape index (κ2) is 5.01. The van der Waals surface area contributed by atoms with Crippen molar-refractivity contribution in [1.82, 2.24) is 5.32 Å². The molecule has 0 aliphatic heterocycles. The Bertz CT molecular complexity index is 423. The van der Waals surface area contributed by atoms with Gasteiger partial charge in [0, 0.05) is 5.54 Å². The molecule has 0 bridgehead atoms. The zero-order chi connectivity index (χ0) is 13.1. The highest BCUT2D eigenvalue weighted by Crippen LogP contribution is 2.12. The van der Waals surface area contributed by atoms with Gasteiger partial charge >= 0.3 is 5.97 Å². The Balaban J connectivity index is 2.68. The summed E-state index contributed by atoms with van der Waals surface area (Å²) < 4.78 is 5.16. The van der Waals surface area contributed by atoms with Gasteiger partial charge in [0.25, 0.3) is 5.91 Å². The fourth-order valence-electron chi connectivity index (χ4n) is 1.40. The lowest BCUT2D eigenvalue weighted by Gasteiger charge is -2.23. The van der Waals surface area contributed by atoms with Crippen LogP contribution in [0.1, 0.15) is 36.6 Å². The third kappa shape index (κ3) is 3.92. The summed E-state index contributed by atoms with van der Waals surface area (Å²) in [6.45, 7) is 3.48. The number of nitrogens with one attached hydrogen (secondary N) is 1. The third-order valence-corrected chi connectivity index (χ3v) is 2.13. The zero-order valence-electron chi connectivity index (χ0n) is 9.82. The first-order valence-corrected chi connectivity index (χ1v) is 5.17. The Kier molecular flexibility index (Phi) is 3.90. The van der Waals surface area contributed by atoms with Crippen molar-refractivity contribution in [1.29, 1.82) is 0 Å². The van der Waals surface area contributed by atoms with Gasteiger partial charge in [-0.3, -0.25) is 9.59 Å². The molecule has 0 radical (unpaired) electrons. The second-order valence-electron chi connectivity index (χ2n) is 4.38. The van der Waals surface area contributed by atoms with Crippen LogP contribution >= 0.6 is 0 Å². The van der Waals surface area contributed by atoms with E-state index in [0.717, 1.165) is 0 Å². The molecule has 6 heteroatoms. The molecule has 0 saturated carbocycles. The first kappa shape index (κ1) is 13.2. The van der Waals surface area contributed by atoms with Crippen molar-refractivity contribution in [3.8, 4) is 0 Å². The van der Waals surface area contributed by atoms with Crippen molar-refractivity contribution in [2.75, 3.05) is 0 Å². The molecule has 0 aliphatic carbocycles. The molecule has 1 amide bonds. The molecule has 1 rings (SSSR count). The summed E-state index contributed by atoms with van der Waals surface area (Å²) in [5.74, 6) is -0.788. The van der Waals surface area contributed by atoms with Crippen LogP contribution in [0.25, 0.3) is 0 Å². The van der Waals surface area contributed by atoms with Crippen LogP contribution in [-0.2, 0) is 11.3 Å². The first-order chi connectivity index (χ1) is 7.84. The number of furan rings is 1. The lowest BCUT2D eigenvalue weighted by molar-refractivity contribution is -0.138. The Morgan fingerprint density at radius 3 is 2.59 bits per heavy atom. The fraction of sp³-hybridized carbons (Fsp3) is 0.455. The zero-order valence-corrected chi connectivity index (χ0v) is 9.82. The molecule has 0 unspecified atom stereocenters. The number of carbonyl (C=O) groups is 2. The van der Waals surface area contributed by atoms with E-state index in [1.165, 1.54) is 6.07 Å². The highest BCUT2D eigenvalue weighted by atomic mass is 16.4. The van der Waals surface area contributed by atoms with Crippen molar-refractivity contribution < 1.29 is 19.1 Å². The maximum atomic E-state index is 11.7. The second-order valence-corrected chi connectivity index (χ2v) is 4.38. The average Bonchev–Trinajstić information content (AvgIpc) is 2.62. The molecule has 0 aliphatic rings. The molecule has 1 aromatic heterocycles. The van der Waals surface area contributed by atoms with Gasteiger partial charge in [-0.25, -0.2) is 0 Å². The maximum absolute atomic E-state index is 11.7. The van der Waals surface area contributed by atoms with E-state index >= 15 is 0 Å². The molecule has 1 aromatic rings. The van der Waals surface area contributed by atoms with Crippen molar-refractivity contribution in [3.63, 3.8) is 0 Å². The smallest absolute Gasteiger partial charge is 0.305 e. The number of nitrogens with two attached hydrogens (primary N) is 1. The molecule has 0 fully saturated rings. The minimum absolute atomic E-state index is 0.129. The van der Waals surface area contributed by atoms with E-state index in [0.29, 0.717) is 5.76 Å². The van der Waals surface area contributed by atoms with Gasteiger partial charge in [-0.1, -0.05) is 0 Å². The van der Waals surface area contributed by atoms with Crippen molar-refractivity contribution in [3.05, 3.63) is 23.7 Å². The average molecular weight is 240 g/mol. The number of aliphatic carboxylic acids is 1. The van der Waals surface area contributed by atoms with Gasteiger partial charge in [-0.2, -0.15) is 0 Å². The standard InChI is InChI=1S/C11H16N2O4/c1-11(2,5-9(14)15)13-10(16)8-4-3-7(6-12)17-8/h3-4H,5-6,12H2,1-2H3,(H,13,16)(H,14,15). The maximum Gasteiger partial charge on any atom is 0.305 e. The summed E-state index contributed by atoms with van der Waals surface area (Å²) >= 11 is 0. The SMILES string of the molecule is CC(C)(CC(=O)O)NC(=O)c1ccc(CN)o1. The van der Waals surface area contributed by atoms with Crippen LogP contribution in [0, 0.1) is 0 Å². The normalized spacial score (nSPS) is 11.2. The van der Waals surface area contributed by atoms with Gasteiger partial charge in [0.15, 0.2) is 5.76 Å². The highest BCUT2D eigenvalue weighted by Gasteiger charge is 2.25. The van der Waals surface area contributed by atoms with Crippen LogP contribution in [-0.4, -0.2) is 22.5 Å². The van der Waals surface area contributed by atoms with E-state index < -0.39 is 17.4 Å². The number of hydrogen-bond acceptors (Lipinski definition) is 4. The highest BCUT2D eigenvalue weighted by molar-refractivity contribution is 5.92. The lowest BCUT2D eigenvalue weighted by Crippen LogP contribution is -2.44. The monoisotopic (exact) mass is 240 g/mol. The largest absolute Gasteiger partial charge is 0.481 e. The van der Waals surface area contributed by atoms with E-state index in [2.05, 4.69) is 5.32 Å². The van der Waals surface area contributed by atoms with Crippen LogP contribution in [0.3, 0.4) is 0 Å². The molecule has 0 aromatic carbocycles. The molecule has 0 spiro atoms. The van der Waals surface area contributed by atoms with E-state index in [1.807, 2.05) is 0 Å². The van der Waals surface area contributed by atoms with Crippen LogP contribution in [0.5, 0.6) is 0 Å². The Morgan fingerprint density at radius 1 is 1.47 bits per heavy atom. The van der Waals surface area contributed by atoms with Gasteiger partial charge in [0.1, 0.15) is 5.76 Å². The van der Waals surface area contributed by atoms with Gasteiger partial charge < -0.3 is 20.6 Å². The van der Waals surface area contributed by atoms with E-state index in [1.54, 1.807) is 19.9 Å². The molecule has 6 nitrogen and oxygen atoms in total. The summed E-state index contributed by atoms with van der Waals surface area (Å²) in [5.41, 5.74) is 4.52. The van der Waals surface area contributed by atoms with Crippen molar-refractivity contribution >= 4 is 11.9 Å². The van der Waals surface area contributed by atoms with Crippen LogP contribution in [0.4, 0.5) is 0 Å². The number of rotatable bonds is 5. The summed E-state index contributed by atoms with van der Waals surface area (Å²) in [6.07, 6.45) is -0.163. The van der Waals surface area contributed by atoms with E-state index in [9.17, 15) is 9.59 Å². The molecule has 0 saturated heterocycles. The van der Waals surface area contributed by atoms with Crippen molar-refractivity contribution in [2.24, 2.45) is 5.73 Å². The lowest BCUT2D eigenvalue weighted by atomic mass is 10.0. The van der Waals surface area contributed by atoms with Gasteiger partial charge in [0.05, 0.1) is 13.0 Å². The summed E-state index contributed by atoms with van der Waals surface area (Å²) in [7, 11) is 0. The van der Waals surface area contributed by atoms with Gasteiger partial charge in [0.2, 0.25) is 0 Å². The van der Waals surface area contributed by atoms with Crippen LogP contribution < -0.4 is 11.1 Å². The van der Waals surface area contributed by atoms with Gasteiger partial charge in [-0.15, -0.1) is 0 Å². The molecule has 4 N–H and O–H groups in total. The summed E-state index contributed by atoms with van der Waals surface area (Å²) in [5, 5.41) is 11.3. The Hall–Kier alpha value is -1.82. The molecular formula is C11H16N2O4. The predicted molar refractivity (Wildman–Crippen MR) is 60.4 cm³/mol. The quantitative estimate of drug-likeness (QED) is 0.703. The van der Waals surface area contributed by atoms with Crippen LogP contribution in [0.15, 0.2) is 16.5 Å². The number of carboxylic acid groups (broad SMARTS) is 1. The number of carboxylic acids is 1. The first-order valence-electron chi connectivity index (χ1n) is 5.17.